The number of carbonyl (C=O) groups excluding carboxylic acids is 1. The molecule has 0 aromatic heterocycles. The van der Waals surface area contributed by atoms with Gasteiger partial charge in [-0.2, -0.15) is 0 Å². The Hall–Kier alpha value is -2.67. The van der Waals surface area contributed by atoms with E-state index in [9.17, 15) is 23.8 Å². The predicted molar refractivity (Wildman–Crippen MR) is 167 cm³/mol. The lowest BCUT2D eigenvalue weighted by Crippen LogP contribution is -2.67. The molecule has 3 saturated carbocycles. The molecular weight excluding hydrogens is 556 g/mol. The number of halogens is 2. The van der Waals surface area contributed by atoms with Crippen LogP contribution in [0, 0.1) is 45.1 Å². The van der Waals surface area contributed by atoms with Crippen LogP contribution in [0.15, 0.2) is 72.3 Å². The third-order valence-corrected chi connectivity index (χ3v) is 13.3. The van der Waals surface area contributed by atoms with Gasteiger partial charge in [0.05, 0.1) is 11.7 Å². The number of aliphatic hydroxyl groups is 2. The standard InChI is InChI=1S/C38H45F2NO3/c1-34-15-11-27(42)22-36(34)18-19-38(28(23-36)33(43)26-9-10-29(39)30(40)21-26)31(34)12-16-35(2)32(38)13-17-37(35,44)24-41(3)20-14-25-7-5-4-6-8-25/h4-10,18-19,21,23,27,31-32,42,44H,11-17,20,22,24H2,1-3H3. The maximum Gasteiger partial charge on any atom is 0.189 e. The van der Waals surface area contributed by atoms with Gasteiger partial charge in [0.15, 0.2) is 17.4 Å². The van der Waals surface area contributed by atoms with E-state index in [0.29, 0.717) is 25.0 Å². The summed E-state index contributed by atoms with van der Waals surface area (Å²) in [5.41, 5.74) is -0.530. The molecule has 2 spiro atoms. The summed E-state index contributed by atoms with van der Waals surface area (Å²) in [6, 6.07) is 13.9. The van der Waals surface area contributed by atoms with E-state index in [-0.39, 0.29) is 28.6 Å². The number of hydrogen-bond acceptors (Lipinski definition) is 4. The number of fused-ring (bicyclic) bond motifs is 1. The van der Waals surface area contributed by atoms with Crippen molar-refractivity contribution in [1.29, 1.82) is 0 Å². The number of benzene rings is 2. The molecule has 8 rings (SSSR count). The van der Waals surface area contributed by atoms with Crippen molar-refractivity contribution in [2.24, 2.45) is 33.5 Å². The molecule has 3 fully saturated rings. The summed E-state index contributed by atoms with van der Waals surface area (Å²) in [7, 11) is 2.09. The summed E-state index contributed by atoms with van der Waals surface area (Å²) in [5, 5.41) is 23.4. The maximum absolute atomic E-state index is 14.5. The highest BCUT2D eigenvalue weighted by Gasteiger charge is 2.74. The fourth-order valence-electron chi connectivity index (χ4n) is 10.9. The number of nitrogens with zero attached hydrogens (tertiary/aromatic N) is 1. The van der Waals surface area contributed by atoms with Gasteiger partial charge in [-0.3, -0.25) is 4.79 Å². The van der Waals surface area contributed by atoms with Crippen molar-refractivity contribution < 1.29 is 23.8 Å². The van der Waals surface area contributed by atoms with Crippen molar-refractivity contribution in [3.8, 4) is 0 Å². The van der Waals surface area contributed by atoms with E-state index >= 15 is 0 Å². The molecule has 234 valence electrons. The number of allylic oxidation sites excluding steroid dienone is 4. The zero-order valence-corrected chi connectivity index (χ0v) is 26.2. The van der Waals surface area contributed by atoms with E-state index in [2.05, 4.69) is 68.3 Å². The Morgan fingerprint density at radius 1 is 0.932 bits per heavy atom. The highest BCUT2D eigenvalue weighted by Crippen LogP contribution is 2.78. The summed E-state index contributed by atoms with van der Waals surface area (Å²) in [5.74, 6) is -2.10. The van der Waals surface area contributed by atoms with E-state index in [1.807, 2.05) is 6.07 Å². The average molecular weight is 602 g/mol. The second-order valence-corrected chi connectivity index (χ2v) is 15.2. The number of ketones is 1. The molecule has 0 amide bonds. The molecule has 0 aliphatic heterocycles. The molecule has 2 bridgehead atoms. The van der Waals surface area contributed by atoms with Gasteiger partial charge in [-0.25, -0.2) is 8.78 Å². The lowest BCUT2D eigenvalue weighted by atomic mass is 9.32. The molecule has 4 nitrogen and oxygen atoms in total. The van der Waals surface area contributed by atoms with Crippen LogP contribution in [-0.4, -0.2) is 52.7 Å². The third-order valence-electron chi connectivity index (χ3n) is 13.3. The van der Waals surface area contributed by atoms with Gasteiger partial charge in [0, 0.05) is 40.5 Å². The topological polar surface area (TPSA) is 60.8 Å². The lowest BCUT2D eigenvalue weighted by molar-refractivity contribution is -0.175. The van der Waals surface area contributed by atoms with Crippen molar-refractivity contribution in [3.05, 3.63) is 95.1 Å². The van der Waals surface area contributed by atoms with Crippen LogP contribution < -0.4 is 0 Å². The van der Waals surface area contributed by atoms with Gasteiger partial charge in [0.2, 0.25) is 0 Å². The van der Waals surface area contributed by atoms with Crippen molar-refractivity contribution in [1.82, 2.24) is 4.90 Å². The first kappa shape index (κ1) is 30.0. The van der Waals surface area contributed by atoms with E-state index in [1.54, 1.807) is 0 Å². The molecule has 6 heteroatoms. The molecule has 0 radical (unpaired) electrons. The van der Waals surface area contributed by atoms with Crippen molar-refractivity contribution in [2.75, 3.05) is 20.1 Å². The summed E-state index contributed by atoms with van der Waals surface area (Å²) in [6.07, 6.45) is 12.4. The molecule has 2 aromatic carbocycles. The van der Waals surface area contributed by atoms with Crippen molar-refractivity contribution in [3.63, 3.8) is 0 Å². The molecular formula is C38H45F2NO3. The summed E-state index contributed by atoms with van der Waals surface area (Å²) < 4.78 is 28.4. The Balaban J connectivity index is 1.28. The lowest BCUT2D eigenvalue weighted by Gasteiger charge is -2.71. The monoisotopic (exact) mass is 601 g/mol. The van der Waals surface area contributed by atoms with Gasteiger partial charge < -0.3 is 15.1 Å². The second kappa shape index (κ2) is 10.2. The van der Waals surface area contributed by atoms with Crippen LogP contribution in [-0.2, 0) is 6.42 Å². The fraction of sp³-hybridized carbons (Fsp3) is 0.553. The third kappa shape index (κ3) is 4.06. The minimum atomic E-state index is -1.03. The largest absolute Gasteiger partial charge is 0.393 e. The van der Waals surface area contributed by atoms with E-state index in [4.69, 9.17) is 0 Å². The number of aliphatic hydroxyl groups excluding tert-OH is 1. The van der Waals surface area contributed by atoms with Gasteiger partial charge in [0.1, 0.15) is 0 Å². The van der Waals surface area contributed by atoms with Crippen LogP contribution >= 0.6 is 0 Å². The number of Topliss-reactive ketones (excluding diaryl/α,β-unsaturated/α-hetero) is 1. The molecule has 0 heterocycles. The SMILES string of the molecule is CN(CCc1ccccc1)CC1(O)CCC2C34C=CC5(C=C3C(=O)c3ccc(F)c(F)c3)CC(O)CCC5(C)C4CCC21C. The Kier molecular flexibility index (Phi) is 6.93. The maximum atomic E-state index is 14.5. The first-order valence-electron chi connectivity index (χ1n) is 16.4. The summed E-state index contributed by atoms with van der Waals surface area (Å²) in [6.45, 7) is 5.97. The summed E-state index contributed by atoms with van der Waals surface area (Å²) in [4.78, 5) is 16.7. The highest BCUT2D eigenvalue weighted by atomic mass is 19.2. The Morgan fingerprint density at radius 3 is 2.39 bits per heavy atom. The first-order chi connectivity index (χ1) is 20.9. The Labute approximate surface area is 259 Å². The van der Waals surface area contributed by atoms with Crippen LogP contribution in [0.25, 0.3) is 0 Å². The summed E-state index contributed by atoms with van der Waals surface area (Å²) >= 11 is 0. The molecule has 6 aliphatic carbocycles. The smallest absolute Gasteiger partial charge is 0.189 e. The second-order valence-electron chi connectivity index (χ2n) is 15.2. The number of hydrogen-bond donors (Lipinski definition) is 2. The van der Waals surface area contributed by atoms with E-state index < -0.39 is 39.6 Å². The van der Waals surface area contributed by atoms with Gasteiger partial charge in [0.25, 0.3) is 0 Å². The van der Waals surface area contributed by atoms with Crippen molar-refractivity contribution in [2.45, 2.75) is 76.9 Å². The van der Waals surface area contributed by atoms with E-state index in [1.165, 1.54) is 11.6 Å². The van der Waals surface area contributed by atoms with Crippen LogP contribution in [0.2, 0.25) is 0 Å². The molecule has 44 heavy (non-hydrogen) atoms. The molecule has 8 unspecified atom stereocenters. The average Bonchev–Trinajstić information content (AvgIpc) is 3.27. The van der Waals surface area contributed by atoms with Crippen LogP contribution in [0.3, 0.4) is 0 Å². The number of likely N-dealkylation sites (N-methyl/N-ethyl adjacent to an activating group) is 1. The Bertz CT molecular complexity index is 1540. The van der Waals surface area contributed by atoms with Crippen molar-refractivity contribution >= 4 is 5.78 Å². The first-order valence-corrected chi connectivity index (χ1v) is 16.4. The predicted octanol–water partition coefficient (Wildman–Crippen LogP) is 6.91. The van der Waals surface area contributed by atoms with E-state index in [0.717, 1.165) is 57.2 Å². The highest BCUT2D eigenvalue weighted by molar-refractivity contribution is 6.10. The van der Waals surface area contributed by atoms with Gasteiger partial charge in [-0.05, 0) is 99.4 Å². The minimum Gasteiger partial charge on any atom is -0.393 e. The van der Waals surface area contributed by atoms with Crippen LogP contribution in [0.5, 0.6) is 0 Å². The van der Waals surface area contributed by atoms with Gasteiger partial charge >= 0.3 is 0 Å². The molecule has 0 saturated heterocycles. The quantitative estimate of drug-likeness (QED) is 0.267. The normalized spacial score (nSPS) is 40.4. The van der Waals surface area contributed by atoms with Crippen LogP contribution in [0.1, 0.15) is 74.7 Å². The fourth-order valence-corrected chi connectivity index (χ4v) is 10.9. The molecule has 2 N–H and O–H groups in total. The number of carbonyl (C=O) groups is 1. The zero-order chi connectivity index (χ0) is 31.1. The minimum absolute atomic E-state index is 0.0139. The Morgan fingerprint density at radius 2 is 1.64 bits per heavy atom. The van der Waals surface area contributed by atoms with Gasteiger partial charge in [-0.1, -0.05) is 62.4 Å². The molecule has 6 aliphatic rings. The molecule has 2 aromatic rings. The molecule has 8 atom stereocenters. The van der Waals surface area contributed by atoms with Gasteiger partial charge in [-0.15, -0.1) is 0 Å². The number of rotatable bonds is 7. The van der Waals surface area contributed by atoms with Crippen LogP contribution in [0.4, 0.5) is 8.78 Å². The zero-order valence-electron chi connectivity index (χ0n) is 26.2.